The Morgan fingerprint density at radius 1 is 1.15 bits per heavy atom. The maximum absolute atomic E-state index is 5.05. The third-order valence-corrected chi connectivity index (χ3v) is 3.76. The van der Waals surface area contributed by atoms with Crippen molar-refractivity contribution in [1.29, 1.82) is 0 Å². The van der Waals surface area contributed by atoms with Gasteiger partial charge in [0, 0.05) is 37.6 Å². The molecule has 3 aromatic heterocycles. The molecule has 3 aromatic rings. The van der Waals surface area contributed by atoms with Crippen molar-refractivity contribution >= 4 is 29.9 Å². The van der Waals surface area contributed by atoms with E-state index in [2.05, 4.69) is 25.7 Å². The van der Waals surface area contributed by atoms with Crippen molar-refractivity contribution in [2.24, 2.45) is 4.99 Å². The monoisotopic (exact) mass is 466 g/mol. The Kier molecular flexibility index (Phi) is 7.19. The lowest BCUT2D eigenvalue weighted by atomic mass is 10.3. The number of aryl methyl sites for hydroxylation is 2. The van der Waals surface area contributed by atoms with Gasteiger partial charge in [-0.15, -0.1) is 24.0 Å². The molecule has 0 spiro atoms. The first-order chi connectivity index (χ1) is 12.2. The van der Waals surface area contributed by atoms with Crippen molar-refractivity contribution in [2.75, 3.05) is 7.05 Å². The zero-order valence-corrected chi connectivity index (χ0v) is 17.4. The number of pyridine rings is 1. The van der Waals surface area contributed by atoms with E-state index in [1.165, 1.54) is 0 Å². The number of nitrogens with one attached hydrogen (secondary N) is 2. The lowest BCUT2D eigenvalue weighted by molar-refractivity contribution is 0.563. The van der Waals surface area contributed by atoms with Crippen molar-refractivity contribution in [3.05, 3.63) is 65.5 Å². The van der Waals surface area contributed by atoms with E-state index in [0.717, 1.165) is 34.3 Å². The van der Waals surface area contributed by atoms with Gasteiger partial charge < -0.3 is 15.1 Å². The summed E-state index contributed by atoms with van der Waals surface area (Å²) < 4.78 is 6.90. The number of aliphatic imine (C=N–C) groups is 1. The van der Waals surface area contributed by atoms with E-state index in [-0.39, 0.29) is 24.0 Å². The van der Waals surface area contributed by atoms with Crippen LogP contribution in [0.25, 0.3) is 5.82 Å². The van der Waals surface area contributed by atoms with Crippen LogP contribution in [0.3, 0.4) is 0 Å². The first kappa shape index (κ1) is 20.0. The second kappa shape index (κ2) is 9.37. The maximum Gasteiger partial charge on any atom is 0.191 e. The predicted molar refractivity (Wildman–Crippen MR) is 112 cm³/mol. The van der Waals surface area contributed by atoms with Gasteiger partial charge >= 0.3 is 0 Å². The molecule has 0 aromatic carbocycles. The van der Waals surface area contributed by atoms with Crippen LogP contribution >= 0.6 is 24.0 Å². The summed E-state index contributed by atoms with van der Waals surface area (Å²) in [5.41, 5.74) is 4.19. The molecule has 8 heteroatoms. The van der Waals surface area contributed by atoms with E-state index < -0.39 is 0 Å². The Balaban J connectivity index is 0.00000243. The van der Waals surface area contributed by atoms with Crippen LogP contribution < -0.4 is 10.6 Å². The number of hydrogen-bond donors (Lipinski definition) is 2. The number of halogens is 1. The molecule has 3 heterocycles. The number of rotatable bonds is 5. The lowest BCUT2D eigenvalue weighted by Crippen LogP contribution is -2.36. The van der Waals surface area contributed by atoms with Gasteiger partial charge in [0.15, 0.2) is 11.8 Å². The largest absolute Gasteiger partial charge is 0.472 e. The zero-order valence-electron chi connectivity index (χ0n) is 15.1. The van der Waals surface area contributed by atoms with Crippen LogP contribution in [0.1, 0.15) is 22.5 Å². The maximum atomic E-state index is 5.05. The normalized spacial score (nSPS) is 11.1. The lowest BCUT2D eigenvalue weighted by Gasteiger charge is -2.11. The molecule has 0 saturated heterocycles. The minimum absolute atomic E-state index is 0. The van der Waals surface area contributed by atoms with Crippen LogP contribution in [0.5, 0.6) is 0 Å². The Hall–Kier alpha value is -2.36. The Labute approximate surface area is 169 Å². The Bertz CT molecular complexity index is 839. The molecule has 0 unspecified atom stereocenters. The molecule has 0 fully saturated rings. The number of nitrogens with zero attached hydrogens (tertiary/aromatic N) is 4. The first-order valence-electron chi connectivity index (χ1n) is 8.10. The van der Waals surface area contributed by atoms with Crippen LogP contribution in [0, 0.1) is 13.8 Å². The van der Waals surface area contributed by atoms with Crippen LogP contribution in [-0.4, -0.2) is 27.8 Å². The average Bonchev–Trinajstić information content (AvgIpc) is 3.25. The third kappa shape index (κ3) is 5.07. The molecule has 0 aliphatic heterocycles. The van der Waals surface area contributed by atoms with E-state index >= 15 is 0 Å². The minimum Gasteiger partial charge on any atom is -0.472 e. The van der Waals surface area contributed by atoms with Crippen molar-refractivity contribution in [3.8, 4) is 5.82 Å². The van der Waals surface area contributed by atoms with Gasteiger partial charge in [-0.25, -0.2) is 9.67 Å². The van der Waals surface area contributed by atoms with Crippen LogP contribution in [-0.2, 0) is 13.1 Å². The van der Waals surface area contributed by atoms with Gasteiger partial charge in [-0.3, -0.25) is 4.99 Å². The molecule has 0 radical (unpaired) electrons. The summed E-state index contributed by atoms with van der Waals surface area (Å²) in [6, 6.07) is 7.96. The standard InChI is InChI=1S/C18H22N6O.HI/c1-13-8-14(2)24(23-13)17-5-4-15(9-20-17)10-21-18(19-3)22-11-16-6-7-25-12-16;/h4-9,12H,10-11H2,1-3H3,(H2,19,21,22);1H. The summed E-state index contributed by atoms with van der Waals surface area (Å²) in [5.74, 6) is 1.54. The number of hydrogen-bond acceptors (Lipinski definition) is 4. The minimum atomic E-state index is 0. The molecular formula is C18H23IN6O. The van der Waals surface area contributed by atoms with Gasteiger partial charge in [-0.2, -0.15) is 5.10 Å². The predicted octanol–water partition coefficient (Wildman–Crippen LogP) is 2.96. The molecule has 2 N–H and O–H groups in total. The molecule has 26 heavy (non-hydrogen) atoms. The number of furan rings is 1. The van der Waals surface area contributed by atoms with Gasteiger partial charge in [0.05, 0.1) is 18.2 Å². The molecule has 0 aliphatic rings. The fraction of sp³-hybridized carbons (Fsp3) is 0.278. The summed E-state index contributed by atoms with van der Waals surface area (Å²) in [5, 5.41) is 11.0. The van der Waals surface area contributed by atoms with Gasteiger partial charge in [-0.1, -0.05) is 6.07 Å². The Morgan fingerprint density at radius 3 is 2.46 bits per heavy atom. The van der Waals surface area contributed by atoms with Crippen molar-refractivity contribution in [1.82, 2.24) is 25.4 Å². The van der Waals surface area contributed by atoms with Crippen LogP contribution in [0.4, 0.5) is 0 Å². The fourth-order valence-electron chi connectivity index (χ4n) is 2.49. The van der Waals surface area contributed by atoms with Gasteiger partial charge in [0.25, 0.3) is 0 Å². The van der Waals surface area contributed by atoms with Crippen molar-refractivity contribution in [3.63, 3.8) is 0 Å². The van der Waals surface area contributed by atoms with E-state index in [0.29, 0.717) is 13.1 Å². The molecule has 138 valence electrons. The topological polar surface area (TPSA) is 80.3 Å². The molecule has 7 nitrogen and oxygen atoms in total. The van der Waals surface area contributed by atoms with E-state index in [9.17, 15) is 0 Å². The Morgan fingerprint density at radius 2 is 1.92 bits per heavy atom. The molecular weight excluding hydrogens is 443 g/mol. The molecule has 0 atom stereocenters. The molecule has 0 bridgehead atoms. The van der Waals surface area contributed by atoms with E-state index in [1.54, 1.807) is 19.6 Å². The highest BCUT2D eigenvalue weighted by molar-refractivity contribution is 14.0. The highest BCUT2D eigenvalue weighted by Gasteiger charge is 2.05. The summed E-state index contributed by atoms with van der Waals surface area (Å²) in [6.45, 7) is 5.29. The molecule has 0 saturated carbocycles. The molecule has 3 rings (SSSR count). The van der Waals surface area contributed by atoms with Gasteiger partial charge in [-0.05, 0) is 37.6 Å². The molecule has 0 aliphatic carbocycles. The van der Waals surface area contributed by atoms with E-state index in [4.69, 9.17) is 4.42 Å². The fourth-order valence-corrected chi connectivity index (χ4v) is 2.49. The quantitative estimate of drug-likeness (QED) is 0.344. The smallest absolute Gasteiger partial charge is 0.191 e. The van der Waals surface area contributed by atoms with Crippen LogP contribution in [0.2, 0.25) is 0 Å². The highest BCUT2D eigenvalue weighted by atomic mass is 127. The second-order valence-electron chi connectivity index (χ2n) is 5.77. The average molecular weight is 466 g/mol. The summed E-state index contributed by atoms with van der Waals surface area (Å²) in [4.78, 5) is 8.71. The number of guanidine groups is 1. The zero-order chi connectivity index (χ0) is 17.6. The van der Waals surface area contributed by atoms with Gasteiger partial charge in [0.2, 0.25) is 0 Å². The van der Waals surface area contributed by atoms with Gasteiger partial charge in [0.1, 0.15) is 0 Å². The summed E-state index contributed by atoms with van der Waals surface area (Å²) in [7, 11) is 1.74. The van der Waals surface area contributed by atoms with Crippen molar-refractivity contribution < 1.29 is 4.42 Å². The summed E-state index contributed by atoms with van der Waals surface area (Å²) >= 11 is 0. The number of aromatic nitrogens is 3. The summed E-state index contributed by atoms with van der Waals surface area (Å²) in [6.07, 6.45) is 5.22. The first-order valence-corrected chi connectivity index (χ1v) is 8.10. The van der Waals surface area contributed by atoms with Crippen molar-refractivity contribution in [2.45, 2.75) is 26.9 Å². The third-order valence-electron chi connectivity index (χ3n) is 3.76. The molecule has 0 amide bonds. The van der Waals surface area contributed by atoms with Crippen LogP contribution in [0.15, 0.2) is 52.4 Å². The van der Waals surface area contributed by atoms with E-state index in [1.807, 2.05) is 49.0 Å². The highest BCUT2D eigenvalue weighted by Crippen LogP contribution is 2.10. The SMILES string of the molecule is CN=C(NCc1ccc(-n2nc(C)cc2C)nc1)NCc1ccoc1.I. The second-order valence-corrected chi connectivity index (χ2v) is 5.77.